The van der Waals surface area contributed by atoms with Crippen molar-refractivity contribution in [3.8, 4) is 6.07 Å². The van der Waals surface area contributed by atoms with E-state index in [0.29, 0.717) is 20.5 Å². The molecule has 7 heteroatoms. The van der Waals surface area contributed by atoms with Crippen LogP contribution in [0.3, 0.4) is 0 Å². The number of rotatable bonds is 3. The molecule has 0 saturated heterocycles. The third-order valence-corrected chi connectivity index (χ3v) is 5.12. The van der Waals surface area contributed by atoms with Crippen LogP contribution in [0.2, 0.25) is 0 Å². The van der Waals surface area contributed by atoms with Crippen molar-refractivity contribution in [2.75, 3.05) is 0 Å². The zero-order valence-corrected chi connectivity index (χ0v) is 13.2. The summed E-state index contributed by atoms with van der Waals surface area (Å²) in [5.41, 5.74) is 0.560. The Hall–Kier alpha value is -1.91. The molecule has 0 aliphatic rings. The second kappa shape index (κ2) is 6.24. The van der Waals surface area contributed by atoms with E-state index in [2.05, 4.69) is 15.9 Å². The van der Waals surface area contributed by atoms with Crippen molar-refractivity contribution in [1.82, 2.24) is 0 Å². The summed E-state index contributed by atoms with van der Waals surface area (Å²) in [5, 5.41) is 19.7. The monoisotopic (exact) mass is 366 g/mol. The number of nitrogens with zero attached hydrogens (tertiary/aromatic N) is 2. The highest BCUT2D eigenvalue weighted by molar-refractivity contribution is 9.10. The summed E-state index contributed by atoms with van der Waals surface area (Å²) in [7, 11) is 0. The highest BCUT2D eigenvalue weighted by atomic mass is 79.9. The van der Waals surface area contributed by atoms with Crippen LogP contribution in [0.1, 0.15) is 11.1 Å². The first-order chi connectivity index (χ1) is 9.93. The smallest absolute Gasteiger partial charge is 0.258 e. The molecule has 0 N–H and O–H groups in total. The molecule has 0 atom stereocenters. The Bertz CT molecular complexity index is 774. The molecule has 0 aliphatic heterocycles. The minimum atomic E-state index is -0.675. The lowest BCUT2D eigenvalue weighted by molar-refractivity contribution is -0.385. The minimum Gasteiger partial charge on any atom is -0.258 e. The van der Waals surface area contributed by atoms with Gasteiger partial charge in [-0.15, -0.1) is 0 Å². The van der Waals surface area contributed by atoms with E-state index in [4.69, 9.17) is 5.26 Å². The molecule has 106 valence electrons. The first-order valence-electron chi connectivity index (χ1n) is 5.75. The number of hydrogen-bond donors (Lipinski definition) is 0. The summed E-state index contributed by atoms with van der Waals surface area (Å²) in [4.78, 5) is 11.2. The number of halogens is 2. The van der Waals surface area contributed by atoms with Gasteiger partial charge in [0.15, 0.2) is 0 Å². The van der Waals surface area contributed by atoms with Crippen LogP contribution < -0.4 is 0 Å². The van der Waals surface area contributed by atoms with Crippen molar-refractivity contribution in [3.63, 3.8) is 0 Å². The van der Waals surface area contributed by atoms with Crippen LogP contribution in [0.15, 0.2) is 44.6 Å². The van der Waals surface area contributed by atoms with Crippen LogP contribution in [0, 0.1) is 34.2 Å². The highest BCUT2D eigenvalue weighted by Gasteiger charge is 2.21. The molecule has 0 fully saturated rings. The second-order valence-corrected chi connectivity index (χ2v) is 6.02. The zero-order chi connectivity index (χ0) is 15.6. The van der Waals surface area contributed by atoms with Crippen LogP contribution in [-0.4, -0.2) is 4.92 Å². The molecule has 0 saturated carbocycles. The first kappa shape index (κ1) is 15.5. The van der Waals surface area contributed by atoms with Crippen LogP contribution in [0.4, 0.5) is 10.1 Å². The van der Waals surface area contributed by atoms with Gasteiger partial charge in [-0.2, -0.15) is 5.26 Å². The van der Waals surface area contributed by atoms with Crippen LogP contribution >= 0.6 is 27.7 Å². The average molecular weight is 367 g/mol. The predicted octanol–water partition coefficient (Wildman–Crippen LogP) is 4.83. The highest BCUT2D eigenvalue weighted by Crippen LogP contribution is 2.40. The maximum Gasteiger partial charge on any atom is 0.276 e. The van der Waals surface area contributed by atoms with Crippen molar-refractivity contribution in [2.24, 2.45) is 0 Å². The van der Waals surface area contributed by atoms with Gasteiger partial charge in [0.2, 0.25) is 0 Å². The molecule has 0 amide bonds. The van der Waals surface area contributed by atoms with Gasteiger partial charge in [-0.1, -0.05) is 17.8 Å². The molecule has 0 heterocycles. The van der Waals surface area contributed by atoms with Gasteiger partial charge in [0, 0.05) is 14.9 Å². The van der Waals surface area contributed by atoms with Crippen LogP contribution in [-0.2, 0) is 0 Å². The quantitative estimate of drug-likeness (QED) is 0.576. The van der Waals surface area contributed by atoms with Crippen molar-refractivity contribution in [3.05, 3.63) is 61.9 Å². The van der Waals surface area contributed by atoms with Crippen molar-refractivity contribution < 1.29 is 9.31 Å². The Morgan fingerprint density at radius 2 is 2.14 bits per heavy atom. The normalized spacial score (nSPS) is 10.2. The van der Waals surface area contributed by atoms with Gasteiger partial charge in [-0.25, -0.2) is 4.39 Å². The molecule has 0 bridgehead atoms. The lowest BCUT2D eigenvalue weighted by Gasteiger charge is -2.09. The summed E-state index contributed by atoms with van der Waals surface area (Å²) in [5.74, 6) is -0.675. The van der Waals surface area contributed by atoms with E-state index in [1.807, 2.05) is 6.07 Å². The number of nitro benzene ring substituents is 1. The third kappa shape index (κ3) is 3.23. The van der Waals surface area contributed by atoms with Crippen molar-refractivity contribution in [1.29, 1.82) is 5.26 Å². The summed E-state index contributed by atoms with van der Waals surface area (Å²) in [6, 6.07) is 9.65. The van der Waals surface area contributed by atoms with Gasteiger partial charge >= 0.3 is 0 Å². The van der Waals surface area contributed by atoms with E-state index in [-0.39, 0.29) is 10.6 Å². The number of nitro groups is 1. The maximum absolute atomic E-state index is 14.1. The minimum absolute atomic E-state index is 0.258. The van der Waals surface area contributed by atoms with Crippen LogP contribution in [0.25, 0.3) is 0 Å². The van der Waals surface area contributed by atoms with Gasteiger partial charge in [0.05, 0.1) is 27.5 Å². The van der Waals surface area contributed by atoms with Gasteiger partial charge in [0.1, 0.15) is 5.82 Å². The Morgan fingerprint density at radius 1 is 1.43 bits per heavy atom. The molecule has 0 spiro atoms. The fourth-order valence-corrected chi connectivity index (χ4v) is 3.31. The molecule has 4 nitrogen and oxygen atoms in total. The predicted molar refractivity (Wildman–Crippen MR) is 80.8 cm³/mol. The Kier molecular flexibility index (Phi) is 4.60. The first-order valence-corrected chi connectivity index (χ1v) is 7.36. The molecule has 0 radical (unpaired) electrons. The van der Waals surface area contributed by atoms with E-state index in [9.17, 15) is 14.5 Å². The molecule has 0 aliphatic carbocycles. The van der Waals surface area contributed by atoms with Crippen molar-refractivity contribution >= 4 is 33.4 Å². The Morgan fingerprint density at radius 3 is 2.76 bits per heavy atom. The van der Waals surface area contributed by atoms with Gasteiger partial charge < -0.3 is 0 Å². The SMILES string of the molecule is Cc1c([N+](=O)[O-])cc(F)c(Sc2cccc(C#N)c2)c1Br. The standard InChI is InChI=1S/C14H8BrFN2O2S/c1-8-12(18(19)20)6-11(16)14(13(8)15)21-10-4-2-3-9(5-10)7-17/h2-6H,1H3. The van der Waals surface area contributed by atoms with Gasteiger partial charge in [-0.05, 0) is 41.1 Å². The molecular weight excluding hydrogens is 359 g/mol. The average Bonchev–Trinajstić information content (AvgIpc) is 2.47. The summed E-state index contributed by atoms with van der Waals surface area (Å²) < 4.78 is 14.4. The van der Waals surface area contributed by atoms with Crippen molar-refractivity contribution in [2.45, 2.75) is 16.7 Å². The molecular formula is C14H8BrFN2O2S. The molecule has 2 aromatic rings. The summed E-state index contributed by atoms with van der Waals surface area (Å²) in [6.07, 6.45) is 0. The topological polar surface area (TPSA) is 66.9 Å². The van der Waals surface area contributed by atoms with E-state index < -0.39 is 10.7 Å². The fraction of sp³-hybridized carbons (Fsp3) is 0.0714. The Labute approximate surface area is 132 Å². The van der Waals surface area contributed by atoms with Gasteiger partial charge in [-0.3, -0.25) is 10.1 Å². The van der Waals surface area contributed by atoms with E-state index in [1.54, 1.807) is 31.2 Å². The largest absolute Gasteiger partial charge is 0.276 e. The fourth-order valence-electron chi connectivity index (χ4n) is 1.71. The molecule has 0 unspecified atom stereocenters. The number of nitriles is 1. The summed E-state index contributed by atoms with van der Waals surface area (Å²) in [6.45, 7) is 1.55. The Balaban J connectivity index is 2.48. The van der Waals surface area contributed by atoms with E-state index in [1.165, 1.54) is 0 Å². The van der Waals surface area contributed by atoms with Gasteiger partial charge in [0.25, 0.3) is 5.69 Å². The number of benzene rings is 2. The van der Waals surface area contributed by atoms with E-state index >= 15 is 0 Å². The van der Waals surface area contributed by atoms with E-state index in [0.717, 1.165) is 17.8 Å². The van der Waals surface area contributed by atoms with Crippen LogP contribution in [0.5, 0.6) is 0 Å². The molecule has 21 heavy (non-hydrogen) atoms. The molecule has 2 rings (SSSR count). The third-order valence-electron chi connectivity index (χ3n) is 2.77. The molecule has 0 aromatic heterocycles. The summed E-state index contributed by atoms with van der Waals surface area (Å²) >= 11 is 4.32. The lowest BCUT2D eigenvalue weighted by Crippen LogP contribution is -1.96. The lowest BCUT2D eigenvalue weighted by atomic mass is 10.2. The molecule has 2 aromatic carbocycles. The number of hydrogen-bond acceptors (Lipinski definition) is 4. The second-order valence-electron chi connectivity index (χ2n) is 4.14. The zero-order valence-electron chi connectivity index (χ0n) is 10.8. The maximum atomic E-state index is 14.1.